The monoisotopic (exact) mass is 398 g/mol. The average molecular weight is 398 g/mol. The fraction of sp³-hybridized carbons (Fsp3) is 0.316. The Labute approximate surface area is 166 Å². The maximum atomic E-state index is 12.7. The second-order valence-corrected chi connectivity index (χ2v) is 7.40. The van der Waals surface area contributed by atoms with Crippen LogP contribution in [-0.2, 0) is 0 Å². The Morgan fingerprint density at radius 3 is 2.71 bits per heavy atom. The first-order valence-electron chi connectivity index (χ1n) is 9.00. The molecule has 4 rings (SSSR count). The van der Waals surface area contributed by atoms with Crippen molar-refractivity contribution >= 4 is 45.7 Å². The number of hydrogen-bond donors (Lipinski definition) is 2. The van der Waals surface area contributed by atoms with Crippen molar-refractivity contribution in [2.24, 2.45) is 0 Å². The van der Waals surface area contributed by atoms with Crippen molar-refractivity contribution in [1.82, 2.24) is 14.9 Å². The molecule has 28 heavy (non-hydrogen) atoms. The van der Waals surface area contributed by atoms with Crippen molar-refractivity contribution in [1.29, 1.82) is 0 Å². The molecule has 0 atom stereocenters. The van der Waals surface area contributed by atoms with Gasteiger partial charge in [0.1, 0.15) is 11.6 Å². The number of nitrogens with zero attached hydrogens (tertiary/aromatic N) is 4. The molecule has 2 amide bonds. The van der Waals surface area contributed by atoms with E-state index in [1.165, 1.54) is 0 Å². The number of aromatic nitrogens is 2. The van der Waals surface area contributed by atoms with Gasteiger partial charge in [-0.2, -0.15) is 4.98 Å². The molecule has 2 aromatic heterocycles. The number of ether oxygens (including phenoxy) is 1. The van der Waals surface area contributed by atoms with Gasteiger partial charge in [0.15, 0.2) is 0 Å². The minimum atomic E-state index is -0.101. The smallest absolute Gasteiger partial charge is 0.321 e. The Morgan fingerprint density at radius 2 is 2.00 bits per heavy atom. The van der Waals surface area contributed by atoms with Crippen LogP contribution in [0.25, 0.3) is 10.9 Å². The van der Waals surface area contributed by atoms with Crippen LogP contribution in [0.3, 0.4) is 0 Å². The summed E-state index contributed by atoms with van der Waals surface area (Å²) in [7, 11) is 1.63. The first-order chi connectivity index (χ1) is 13.5. The molecule has 146 valence electrons. The number of nitrogen functional groups attached to an aromatic ring is 1. The second-order valence-electron chi connectivity index (χ2n) is 6.66. The van der Waals surface area contributed by atoms with Gasteiger partial charge in [-0.15, -0.1) is 11.3 Å². The molecule has 0 bridgehead atoms. The number of carbonyl (C=O) groups is 1. The molecule has 3 heterocycles. The molecular formula is C19H22N6O2S. The average Bonchev–Trinajstić information content (AvgIpc) is 3.17. The van der Waals surface area contributed by atoms with Crippen molar-refractivity contribution in [3.05, 3.63) is 34.5 Å². The minimum Gasteiger partial charge on any atom is -0.497 e. The van der Waals surface area contributed by atoms with Gasteiger partial charge in [0, 0.05) is 42.6 Å². The van der Waals surface area contributed by atoms with E-state index in [0.717, 1.165) is 33.7 Å². The van der Waals surface area contributed by atoms with Gasteiger partial charge in [0.25, 0.3) is 0 Å². The van der Waals surface area contributed by atoms with Gasteiger partial charge < -0.3 is 25.6 Å². The zero-order chi connectivity index (χ0) is 19.7. The lowest BCUT2D eigenvalue weighted by Gasteiger charge is -2.35. The number of nitrogens with two attached hydrogens (primary N) is 1. The molecule has 9 heteroatoms. The highest BCUT2D eigenvalue weighted by Gasteiger charge is 2.24. The van der Waals surface area contributed by atoms with Crippen LogP contribution in [0.1, 0.15) is 5.56 Å². The molecule has 0 radical (unpaired) electrons. The number of urea groups is 1. The number of carbonyl (C=O) groups excluding carboxylic acids is 1. The number of amides is 2. The van der Waals surface area contributed by atoms with Gasteiger partial charge >= 0.3 is 6.03 Å². The van der Waals surface area contributed by atoms with Gasteiger partial charge in [-0.05, 0) is 30.7 Å². The van der Waals surface area contributed by atoms with Gasteiger partial charge in [0.05, 0.1) is 18.0 Å². The number of rotatable bonds is 3. The van der Waals surface area contributed by atoms with E-state index in [1.807, 2.05) is 40.8 Å². The zero-order valence-electron chi connectivity index (χ0n) is 15.8. The van der Waals surface area contributed by atoms with Crippen molar-refractivity contribution in [2.75, 3.05) is 49.2 Å². The third-order valence-electron chi connectivity index (χ3n) is 4.88. The maximum absolute atomic E-state index is 12.7. The predicted molar refractivity (Wildman–Crippen MR) is 112 cm³/mol. The van der Waals surface area contributed by atoms with Crippen molar-refractivity contribution in [3.8, 4) is 5.75 Å². The highest BCUT2D eigenvalue weighted by Crippen LogP contribution is 2.28. The topological polar surface area (TPSA) is 96.6 Å². The van der Waals surface area contributed by atoms with E-state index < -0.39 is 0 Å². The van der Waals surface area contributed by atoms with E-state index in [1.54, 1.807) is 18.4 Å². The Bertz CT molecular complexity index is 1010. The van der Waals surface area contributed by atoms with Crippen molar-refractivity contribution < 1.29 is 9.53 Å². The number of thiophene rings is 1. The van der Waals surface area contributed by atoms with Crippen LogP contribution in [0.5, 0.6) is 5.75 Å². The summed E-state index contributed by atoms with van der Waals surface area (Å²) in [5, 5.41) is 8.00. The Morgan fingerprint density at radius 1 is 1.21 bits per heavy atom. The van der Waals surface area contributed by atoms with Gasteiger partial charge in [-0.25, -0.2) is 9.78 Å². The fourth-order valence-corrected chi connectivity index (χ4v) is 4.06. The molecule has 1 saturated heterocycles. The molecule has 1 aliphatic heterocycles. The van der Waals surface area contributed by atoms with E-state index in [-0.39, 0.29) is 12.0 Å². The summed E-state index contributed by atoms with van der Waals surface area (Å²) in [5.41, 5.74) is 8.47. The van der Waals surface area contributed by atoms with Gasteiger partial charge in [0.2, 0.25) is 5.95 Å². The zero-order valence-corrected chi connectivity index (χ0v) is 16.6. The minimum absolute atomic E-state index is 0.101. The molecule has 1 fully saturated rings. The second kappa shape index (κ2) is 7.51. The molecule has 0 unspecified atom stereocenters. The first kappa shape index (κ1) is 18.3. The number of aryl methyl sites for hydroxylation is 1. The fourth-order valence-electron chi connectivity index (χ4n) is 3.32. The summed E-state index contributed by atoms with van der Waals surface area (Å²) in [6, 6.07) is 5.50. The number of fused-ring (bicyclic) bond motifs is 1. The molecule has 8 nitrogen and oxygen atoms in total. The van der Waals surface area contributed by atoms with Gasteiger partial charge in [-0.1, -0.05) is 0 Å². The summed E-state index contributed by atoms with van der Waals surface area (Å²) in [6.45, 7) is 4.54. The number of anilines is 3. The van der Waals surface area contributed by atoms with Crippen LogP contribution < -0.4 is 20.7 Å². The standard InChI is InChI=1S/C19H22N6O2S/c1-12-9-13(27-2)3-4-15(12)22-19(26)25-7-5-24(6-8-25)17-14-10-28-11-16(14)21-18(20)23-17/h3-4,9-11H,5-8H2,1-2H3,(H2,20,21)(H,22,26). The van der Waals surface area contributed by atoms with Crippen LogP contribution in [0.4, 0.5) is 22.2 Å². The largest absolute Gasteiger partial charge is 0.497 e. The first-order valence-corrected chi connectivity index (χ1v) is 9.94. The highest BCUT2D eigenvalue weighted by molar-refractivity contribution is 7.09. The number of methoxy groups -OCH3 is 1. The highest BCUT2D eigenvalue weighted by atomic mass is 32.1. The molecule has 3 N–H and O–H groups in total. The quantitative estimate of drug-likeness (QED) is 0.704. The molecule has 0 saturated carbocycles. The van der Waals surface area contributed by atoms with Crippen molar-refractivity contribution in [3.63, 3.8) is 0 Å². The number of hydrogen-bond acceptors (Lipinski definition) is 7. The normalized spacial score (nSPS) is 14.4. The number of nitrogens with one attached hydrogen (secondary N) is 1. The van der Waals surface area contributed by atoms with Crippen LogP contribution >= 0.6 is 11.3 Å². The summed E-state index contributed by atoms with van der Waals surface area (Å²) in [4.78, 5) is 25.3. The van der Waals surface area contributed by atoms with E-state index in [9.17, 15) is 4.79 Å². The Balaban J connectivity index is 1.42. The summed E-state index contributed by atoms with van der Waals surface area (Å²) in [6.07, 6.45) is 0. The third-order valence-corrected chi connectivity index (χ3v) is 5.61. The maximum Gasteiger partial charge on any atom is 0.321 e. The molecular weight excluding hydrogens is 376 g/mol. The summed E-state index contributed by atoms with van der Waals surface area (Å²) < 4.78 is 5.21. The molecule has 1 aromatic carbocycles. The van der Waals surface area contributed by atoms with E-state index in [0.29, 0.717) is 26.2 Å². The lowest BCUT2D eigenvalue weighted by molar-refractivity contribution is 0.208. The lowest BCUT2D eigenvalue weighted by Crippen LogP contribution is -2.50. The van der Waals surface area contributed by atoms with Crippen LogP contribution in [-0.4, -0.2) is 54.2 Å². The molecule has 1 aliphatic rings. The van der Waals surface area contributed by atoms with Crippen molar-refractivity contribution in [2.45, 2.75) is 6.92 Å². The van der Waals surface area contributed by atoms with Crippen LogP contribution in [0.2, 0.25) is 0 Å². The molecule has 3 aromatic rings. The predicted octanol–water partition coefficient (Wildman–Crippen LogP) is 2.94. The van der Waals surface area contributed by atoms with Gasteiger partial charge in [-0.3, -0.25) is 0 Å². The molecule has 0 aliphatic carbocycles. The molecule has 0 spiro atoms. The number of piperazine rings is 1. The van der Waals surface area contributed by atoms with E-state index in [4.69, 9.17) is 10.5 Å². The number of benzene rings is 1. The third kappa shape index (κ3) is 3.53. The summed E-state index contributed by atoms with van der Waals surface area (Å²) >= 11 is 1.58. The Kier molecular flexibility index (Phi) is 4.91. The van der Waals surface area contributed by atoms with Crippen LogP contribution in [0, 0.1) is 6.92 Å². The van der Waals surface area contributed by atoms with E-state index in [2.05, 4.69) is 20.2 Å². The summed E-state index contributed by atoms with van der Waals surface area (Å²) in [5.74, 6) is 1.89. The Hall–Kier alpha value is -3.07. The van der Waals surface area contributed by atoms with Crippen LogP contribution in [0.15, 0.2) is 29.0 Å². The SMILES string of the molecule is COc1ccc(NC(=O)N2CCN(c3nc(N)nc4cscc34)CC2)c(C)c1. The lowest BCUT2D eigenvalue weighted by atomic mass is 10.2. The van der Waals surface area contributed by atoms with E-state index >= 15 is 0 Å².